The molecule has 1 heterocycles. The molecular formula is C26H28FNO2. The number of hydrogen-bond donors (Lipinski definition) is 0. The fourth-order valence-corrected chi connectivity index (χ4v) is 4.27. The Morgan fingerprint density at radius 1 is 1.03 bits per heavy atom. The van der Waals surface area contributed by atoms with E-state index in [4.69, 9.17) is 9.47 Å². The van der Waals surface area contributed by atoms with Gasteiger partial charge in [-0.2, -0.15) is 0 Å². The topological polar surface area (TPSA) is 21.7 Å². The molecule has 156 valence electrons. The zero-order valence-corrected chi connectivity index (χ0v) is 17.3. The average Bonchev–Trinajstić information content (AvgIpc) is 2.79. The van der Waals surface area contributed by atoms with Crippen molar-refractivity contribution in [3.8, 4) is 5.75 Å². The number of nitrogens with zero attached hydrogens (tertiary/aromatic N) is 1. The van der Waals surface area contributed by atoms with Crippen LogP contribution in [0.1, 0.15) is 22.6 Å². The molecule has 1 aliphatic heterocycles. The van der Waals surface area contributed by atoms with Gasteiger partial charge in [-0.25, -0.2) is 4.39 Å². The third-order valence-corrected chi connectivity index (χ3v) is 5.79. The Kier molecular flexibility index (Phi) is 6.77. The van der Waals surface area contributed by atoms with Crippen LogP contribution in [0.3, 0.4) is 0 Å². The lowest BCUT2D eigenvalue weighted by molar-refractivity contribution is -0.0445. The van der Waals surface area contributed by atoms with Gasteiger partial charge in [0.05, 0.1) is 19.8 Å². The zero-order chi connectivity index (χ0) is 20.8. The minimum absolute atomic E-state index is 0.0258. The number of hydrogen-bond acceptors (Lipinski definition) is 3. The lowest BCUT2D eigenvalue weighted by Crippen LogP contribution is -2.45. The smallest absolute Gasteiger partial charge is 0.123 e. The SMILES string of the molecule is COc1ccc(F)cc1C[C@@H](c1ccccc1)C1CN(Cc2ccccc2)CCO1. The number of ether oxygens (including phenoxy) is 2. The molecule has 1 saturated heterocycles. The Bertz CT molecular complexity index is 932. The second kappa shape index (κ2) is 9.88. The van der Waals surface area contributed by atoms with Crippen molar-refractivity contribution >= 4 is 0 Å². The molecule has 3 nitrogen and oxygen atoms in total. The van der Waals surface area contributed by atoms with Crippen LogP contribution < -0.4 is 4.74 Å². The molecule has 4 rings (SSSR count). The Hall–Kier alpha value is -2.69. The van der Waals surface area contributed by atoms with E-state index in [2.05, 4.69) is 53.4 Å². The van der Waals surface area contributed by atoms with E-state index in [0.29, 0.717) is 18.8 Å². The van der Waals surface area contributed by atoms with E-state index in [9.17, 15) is 4.39 Å². The molecule has 0 saturated carbocycles. The fraction of sp³-hybridized carbons (Fsp3) is 0.308. The normalized spacial score (nSPS) is 18.1. The predicted octanol–water partition coefficient (Wildman–Crippen LogP) is 5.06. The number of benzene rings is 3. The van der Waals surface area contributed by atoms with Crippen LogP contribution in [-0.2, 0) is 17.7 Å². The first-order chi connectivity index (χ1) is 14.7. The Morgan fingerprint density at radius 2 is 1.77 bits per heavy atom. The second-order valence-electron chi connectivity index (χ2n) is 7.81. The summed E-state index contributed by atoms with van der Waals surface area (Å²) in [6.45, 7) is 3.36. The third-order valence-electron chi connectivity index (χ3n) is 5.79. The van der Waals surface area contributed by atoms with Crippen LogP contribution in [0, 0.1) is 5.82 Å². The highest BCUT2D eigenvalue weighted by Crippen LogP contribution is 2.32. The Balaban J connectivity index is 1.57. The van der Waals surface area contributed by atoms with Gasteiger partial charge in [-0.05, 0) is 41.3 Å². The van der Waals surface area contributed by atoms with Gasteiger partial charge in [0.15, 0.2) is 0 Å². The maximum Gasteiger partial charge on any atom is 0.123 e. The average molecular weight is 406 g/mol. The van der Waals surface area contributed by atoms with E-state index in [1.54, 1.807) is 19.2 Å². The van der Waals surface area contributed by atoms with Crippen molar-refractivity contribution in [2.24, 2.45) is 0 Å². The van der Waals surface area contributed by atoms with E-state index in [1.807, 2.05) is 12.1 Å². The van der Waals surface area contributed by atoms with Gasteiger partial charge in [0.1, 0.15) is 11.6 Å². The minimum atomic E-state index is -0.243. The lowest BCUT2D eigenvalue weighted by atomic mass is 9.86. The molecule has 0 aromatic heterocycles. The van der Waals surface area contributed by atoms with Crippen molar-refractivity contribution in [3.63, 3.8) is 0 Å². The van der Waals surface area contributed by atoms with Gasteiger partial charge in [-0.3, -0.25) is 4.90 Å². The van der Waals surface area contributed by atoms with E-state index < -0.39 is 0 Å². The van der Waals surface area contributed by atoms with Crippen LogP contribution in [0.2, 0.25) is 0 Å². The van der Waals surface area contributed by atoms with Gasteiger partial charge in [-0.15, -0.1) is 0 Å². The summed E-state index contributed by atoms with van der Waals surface area (Å²) >= 11 is 0. The molecule has 0 amide bonds. The summed E-state index contributed by atoms with van der Waals surface area (Å²) in [6, 6.07) is 25.7. The first kappa shape index (κ1) is 20.6. The molecule has 0 aliphatic carbocycles. The third kappa shape index (κ3) is 5.07. The molecule has 1 aliphatic rings. The van der Waals surface area contributed by atoms with Gasteiger partial charge in [0, 0.05) is 25.6 Å². The van der Waals surface area contributed by atoms with Gasteiger partial charge in [-0.1, -0.05) is 60.7 Å². The molecule has 0 bridgehead atoms. The van der Waals surface area contributed by atoms with Crippen molar-refractivity contribution in [1.82, 2.24) is 4.90 Å². The maximum absolute atomic E-state index is 14.0. The number of halogens is 1. The van der Waals surface area contributed by atoms with Crippen molar-refractivity contribution in [3.05, 3.63) is 101 Å². The van der Waals surface area contributed by atoms with Crippen LogP contribution >= 0.6 is 0 Å². The molecule has 0 spiro atoms. The van der Waals surface area contributed by atoms with Crippen LogP contribution in [-0.4, -0.2) is 37.8 Å². The first-order valence-electron chi connectivity index (χ1n) is 10.5. The second-order valence-corrected chi connectivity index (χ2v) is 7.81. The summed E-state index contributed by atoms with van der Waals surface area (Å²) in [5, 5.41) is 0. The Morgan fingerprint density at radius 3 is 2.50 bits per heavy atom. The summed E-state index contributed by atoms with van der Waals surface area (Å²) < 4.78 is 25.8. The van der Waals surface area contributed by atoms with E-state index in [1.165, 1.54) is 17.2 Å². The van der Waals surface area contributed by atoms with Crippen LogP contribution in [0.25, 0.3) is 0 Å². The number of methoxy groups -OCH3 is 1. The monoisotopic (exact) mass is 405 g/mol. The molecule has 2 atom stereocenters. The van der Waals surface area contributed by atoms with E-state index >= 15 is 0 Å². The molecular weight excluding hydrogens is 377 g/mol. The van der Waals surface area contributed by atoms with Crippen molar-refractivity contribution < 1.29 is 13.9 Å². The van der Waals surface area contributed by atoms with Crippen LogP contribution in [0.5, 0.6) is 5.75 Å². The Labute approximate surface area is 178 Å². The summed E-state index contributed by atoms with van der Waals surface area (Å²) in [5.41, 5.74) is 3.38. The predicted molar refractivity (Wildman–Crippen MR) is 117 cm³/mol. The molecule has 4 heteroatoms. The largest absolute Gasteiger partial charge is 0.496 e. The molecule has 0 N–H and O–H groups in total. The fourth-order valence-electron chi connectivity index (χ4n) is 4.27. The van der Waals surface area contributed by atoms with Crippen molar-refractivity contribution in [1.29, 1.82) is 0 Å². The van der Waals surface area contributed by atoms with Gasteiger partial charge in [0.2, 0.25) is 0 Å². The first-order valence-corrected chi connectivity index (χ1v) is 10.5. The molecule has 3 aromatic rings. The minimum Gasteiger partial charge on any atom is -0.496 e. The summed E-state index contributed by atoms with van der Waals surface area (Å²) in [4.78, 5) is 2.45. The van der Waals surface area contributed by atoms with Gasteiger partial charge < -0.3 is 9.47 Å². The van der Waals surface area contributed by atoms with Crippen molar-refractivity contribution in [2.45, 2.75) is 25.0 Å². The van der Waals surface area contributed by atoms with Crippen LogP contribution in [0.4, 0.5) is 4.39 Å². The number of morpholine rings is 1. The highest BCUT2D eigenvalue weighted by atomic mass is 19.1. The highest BCUT2D eigenvalue weighted by molar-refractivity contribution is 5.36. The molecule has 1 fully saturated rings. The highest BCUT2D eigenvalue weighted by Gasteiger charge is 2.30. The standard InChI is InChI=1S/C26H28FNO2/c1-29-25-13-12-23(27)16-22(25)17-24(21-10-6-3-7-11-21)26-19-28(14-15-30-26)18-20-8-4-2-5-9-20/h2-13,16,24,26H,14-15,17-19H2,1H3/t24-,26?/m0/s1. The van der Waals surface area contributed by atoms with E-state index in [0.717, 1.165) is 25.2 Å². The quantitative estimate of drug-likeness (QED) is 0.548. The van der Waals surface area contributed by atoms with Gasteiger partial charge >= 0.3 is 0 Å². The molecule has 1 unspecified atom stereocenters. The zero-order valence-electron chi connectivity index (χ0n) is 17.3. The van der Waals surface area contributed by atoms with E-state index in [-0.39, 0.29) is 17.8 Å². The molecule has 3 aromatic carbocycles. The maximum atomic E-state index is 14.0. The van der Waals surface area contributed by atoms with Gasteiger partial charge in [0.25, 0.3) is 0 Å². The van der Waals surface area contributed by atoms with Crippen molar-refractivity contribution in [2.75, 3.05) is 26.8 Å². The summed E-state index contributed by atoms with van der Waals surface area (Å²) in [6.07, 6.45) is 0.687. The molecule has 30 heavy (non-hydrogen) atoms. The summed E-state index contributed by atoms with van der Waals surface area (Å²) in [5.74, 6) is 0.586. The number of rotatable bonds is 7. The molecule has 0 radical (unpaired) electrons. The lowest BCUT2D eigenvalue weighted by Gasteiger charge is -2.37. The van der Waals surface area contributed by atoms with Crippen LogP contribution in [0.15, 0.2) is 78.9 Å². The summed E-state index contributed by atoms with van der Waals surface area (Å²) in [7, 11) is 1.63.